The number of nitrogen functional groups attached to an aromatic ring is 1. The Bertz CT molecular complexity index is 517. The van der Waals surface area contributed by atoms with Gasteiger partial charge in [0.15, 0.2) is 5.13 Å². The summed E-state index contributed by atoms with van der Waals surface area (Å²) in [5.74, 6) is 0.119. The Kier molecular flexibility index (Phi) is 4.27. The molecule has 21 heavy (non-hydrogen) atoms. The van der Waals surface area contributed by atoms with Crippen LogP contribution in [-0.2, 0) is 4.74 Å². The van der Waals surface area contributed by atoms with E-state index in [0.29, 0.717) is 29.9 Å². The van der Waals surface area contributed by atoms with E-state index in [0.717, 1.165) is 31.1 Å². The fourth-order valence-electron chi connectivity index (χ4n) is 2.24. The van der Waals surface area contributed by atoms with E-state index in [2.05, 4.69) is 20.5 Å². The topological polar surface area (TPSA) is 92.5 Å². The van der Waals surface area contributed by atoms with Crippen LogP contribution in [0.3, 0.4) is 0 Å². The zero-order valence-electron chi connectivity index (χ0n) is 12.1. The first-order valence-corrected chi connectivity index (χ1v) is 8.04. The van der Waals surface area contributed by atoms with Crippen LogP contribution in [0, 0.1) is 0 Å². The molecule has 8 heteroatoms. The average Bonchev–Trinajstić information content (AvgIpc) is 3.18. The van der Waals surface area contributed by atoms with Crippen LogP contribution in [0.25, 0.3) is 0 Å². The number of anilines is 2. The highest BCUT2D eigenvalue weighted by Crippen LogP contribution is 2.30. The smallest absolute Gasteiger partial charge is 0.265 e. The molecule has 1 unspecified atom stereocenters. The Morgan fingerprint density at radius 1 is 1.57 bits per heavy atom. The first-order valence-electron chi connectivity index (χ1n) is 7.23. The molecule has 1 aliphatic carbocycles. The van der Waals surface area contributed by atoms with E-state index < -0.39 is 0 Å². The number of nitrogens with zero attached hydrogens (tertiary/aromatic N) is 2. The number of nitrogens with one attached hydrogen (secondary N) is 2. The molecule has 116 valence electrons. The number of ether oxygens (including phenoxy) is 1. The first kappa shape index (κ1) is 14.6. The van der Waals surface area contributed by atoms with Gasteiger partial charge in [-0.1, -0.05) is 11.3 Å². The number of hydrogen-bond acceptors (Lipinski definition) is 7. The molecule has 1 aromatic heterocycles. The van der Waals surface area contributed by atoms with E-state index in [-0.39, 0.29) is 12.0 Å². The SMILES string of the molecule is CN1CCOC(CNC(=O)c2sc(NC3CC3)nc2N)C1. The number of morpholine rings is 1. The molecule has 3 rings (SSSR count). The summed E-state index contributed by atoms with van der Waals surface area (Å²) in [5.41, 5.74) is 5.83. The molecule has 7 nitrogen and oxygen atoms in total. The Labute approximate surface area is 127 Å². The molecule has 1 amide bonds. The zero-order chi connectivity index (χ0) is 14.8. The standard InChI is InChI=1S/C13H21N5O2S/c1-18-4-5-20-9(7-18)6-15-12(19)10-11(14)17-13(21-10)16-8-2-3-8/h8-9H,2-7,14H2,1H3,(H,15,19)(H,16,17). The monoisotopic (exact) mass is 311 g/mol. The minimum absolute atomic E-state index is 0.0332. The zero-order valence-corrected chi connectivity index (χ0v) is 12.9. The Morgan fingerprint density at radius 3 is 3.10 bits per heavy atom. The Hall–Kier alpha value is -1.38. The lowest BCUT2D eigenvalue weighted by Crippen LogP contribution is -2.45. The second-order valence-corrected chi connectivity index (χ2v) is 6.62. The molecule has 1 aromatic rings. The highest BCUT2D eigenvalue weighted by Gasteiger charge is 2.25. The maximum atomic E-state index is 12.2. The van der Waals surface area contributed by atoms with Gasteiger partial charge in [-0.05, 0) is 19.9 Å². The highest BCUT2D eigenvalue weighted by molar-refractivity contribution is 7.18. The second kappa shape index (κ2) is 6.17. The van der Waals surface area contributed by atoms with E-state index in [1.54, 1.807) is 0 Å². The number of likely N-dealkylation sites (N-methyl/N-ethyl adjacent to an activating group) is 1. The van der Waals surface area contributed by atoms with Gasteiger partial charge in [0, 0.05) is 25.7 Å². The number of amides is 1. The largest absolute Gasteiger partial charge is 0.382 e. The molecule has 1 aliphatic heterocycles. The molecule has 2 fully saturated rings. The van der Waals surface area contributed by atoms with Gasteiger partial charge in [0.2, 0.25) is 0 Å². The third kappa shape index (κ3) is 3.84. The van der Waals surface area contributed by atoms with Gasteiger partial charge in [0.05, 0.1) is 12.7 Å². The van der Waals surface area contributed by atoms with E-state index in [1.165, 1.54) is 11.3 Å². The van der Waals surface area contributed by atoms with Crippen molar-refractivity contribution in [3.8, 4) is 0 Å². The minimum atomic E-state index is -0.175. The summed E-state index contributed by atoms with van der Waals surface area (Å²) in [5, 5.41) is 6.87. The molecule has 1 atom stereocenters. The van der Waals surface area contributed by atoms with E-state index in [9.17, 15) is 4.79 Å². The van der Waals surface area contributed by atoms with Crippen molar-refractivity contribution in [1.29, 1.82) is 0 Å². The lowest BCUT2D eigenvalue weighted by molar-refractivity contribution is -0.0174. The molecule has 1 saturated carbocycles. The molecule has 0 radical (unpaired) electrons. The third-order valence-corrected chi connectivity index (χ3v) is 4.60. The Balaban J connectivity index is 1.53. The number of nitrogens with two attached hydrogens (primary N) is 1. The fourth-order valence-corrected chi connectivity index (χ4v) is 3.11. The van der Waals surface area contributed by atoms with Gasteiger partial charge < -0.3 is 26.0 Å². The molecule has 2 aliphatic rings. The molecular weight excluding hydrogens is 290 g/mol. The number of rotatable bonds is 5. The first-order chi connectivity index (χ1) is 10.1. The number of aromatic nitrogens is 1. The molecule has 1 saturated heterocycles. The van der Waals surface area contributed by atoms with E-state index in [4.69, 9.17) is 10.5 Å². The lowest BCUT2D eigenvalue weighted by atomic mass is 10.3. The van der Waals surface area contributed by atoms with E-state index >= 15 is 0 Å². The van der Waals surface area contributed by atoms with Crippen LogP contribution in [0.5, 0.6) is 0 Å². The number of carbonyl (C=O) groups excluding carboxylic acids is 1. The predicted molar refractivity (Wildman–Crippen MR) is 82.7 cm³/mol. The lowest BCUT2D eigenvalue weighted by Gasteiger charge is -2.30. The number of carbonyl (C=O) groups is 1. The normalized spacial score (nSPS) is 23.0. The summed E-state index contributed by atoms with van der Waals surface area (Å²) in [6.45, 7) is 2.95. The van der Waals surface area contributed by atoms with Crippen molar-refractivity contribution < 1.29 is 9.53 Å². The second-order valence-electron chi connectivity index (χ2n) is 5.62. The summed E-state index contributed by atoms with van der Waals surface area (Å²) in [6, 6.07) is 0.498. The molecule has 0 bridgehead atoms. The highest BCUT2D eigenvalue weighted by atomic mass is 32.1. The molecule has 0 aromatic carbocycles. The van der Waals surface area contributed by atoms with Gasteiger partial charge in [-0.2, -0.15) is 0 Å². The van der Waals surface area contributed by atoms with Gasteiger partial charge >= 0.3 is 0 Å². The van der Waals surface area contributed by atoms with Crippen LogP contribution in [0.15, 0.2) is 0 Å². The molecule has 2 heterocycles. The van der Waals surface area contributed by atoms with Gasteiger partial charge in [-0.15, -0.1) is 0 Å². The van der Waals surface area contributed by atoms with Crippen LogP contribution in [0.2, 0.25) is 0 Å². The summed E-state index contributed by atoms with van der Waals surface area (Å²) < 4.78 is 5.62. The summed E-state index contributed by atoms with van der Waals surface area (Å²) in [4.78, 5) is 19.1. The van der Waals surface area contributed by atoms with Crippen molar-refractivity contribution in [2.75, 3.05) is 44.3 Å². The molecule has 0 spiro atoms. The van der Waals surface area contributed by atoms with Crippen molar-refractivity contribution in [1.82, 2.24) is 15.2 Å². The van der Waals surface area contributed by atoms with Crippen molar-refractivity contribution in [3.05, 3.63) is 4.88 Å². The molecule has 4 N–H and O–H groups in total. The van der Waals surface area contributed by atoms with Crippen LogP contribution in [0.4, 0.5) is 10.9 Å². The van der Waals surface area contributed by atoms with Crippen LogP contribution in [-0.4, -0.2) is 61.2 Å². The number of hydrogen-bond donors (Lipinski definition) is 3. The van der Waals surface area contributed by atoms with Crippen molar-refractivity contribution in [3.63, 3.8) is 0 Å². The van der Waals surface area contributed by atoms with Crippen molar-refractivity contribution in [2.24, 2.45) is 0 Å². The third-order valence-electron chi connectivity index (χ3n) is 3.60. The van der Waals surface area contributed by atoms with Crippen LogP contribution in [0.1, 0.15) is 22.5 Å². The summed E-state index contributed by atoms with van der Waals surface area (Å²) in [7, 11) is 2.05. The van der Waals surface area contributed by atoms with Gasteiger partial charge in [0.25, 0.3) is 5.91 Å². The van der Waals surface area contributed by atoms with Crippen molar-refractivity contribution in [2.45, 2.75) is 25.0 Å². The van der Waals surface area contributed by atoms with Gasteiger partial charge in [-0.3, -0.25) is 4.79 Å². The number of thiazole rings is 1. The van der Waals surface area contributed by atoms with Crippen LogP contribution < -0.4 is 16.4 Å². The predicted octanol–water partition coefficient (Wildman–Crippen LogP) is 0.360. The van der Waals surface area contributed by atoms with E-state index in [1.807, 2.05) is 7.05 Å². The quantitative estimate of drug-likeness (QED) is 0.727. The Morgan fingerprint density at radius 2 is 2.38 bits per heavy atom. The average molecular weight is 311 g/mol. The fraction of sp³-hybridized carbons (Fsp3) is 0.692. The molecular formula is C13H21N5O2S. The minimum Gasteiger partial charge on any atom is -0.382 e. The summed E-state index contributed by atoms with van der Waals surface area (Å²) >= 11 is 1.31. The van der Waals surface area contributed by atoms with Crippen molar-refractivity contribution >= 4 is 28.2 Å². The van der Waals surface area contributed by atoms with Gasteiger partial charge in [0.1, 0.15) is 10.7 Å². The maximum Gasteiger partial charge on any atom is 0.265 e. The van der Waals surface area contributed by atoms with Crippen LogP contribution >= 0.6 is 11.3 Å². The summed E-state index contributed by atoms with van der Waals surface area (Å²) in [6.07, 6.45) is 2.35. The maximum absolute atomic E-state index is 12.2. The van der Waals surface area contributed by atoms with Gasteiger partial charge in [-0.25, -0.2) is 4.98 Å².